The lowest BCUT2D eigenvalue weighted by Gasteiger charge is -2.18. The number of hydrogen-bond donors (Lipinski definition) is 2. The maximum Gasteiger partial charge on any atom is 0.133 e. The lowest BCUT2D eigenvalue weighted by molar-refractivity contribution is 0.0572. The summed E-state index contributed by atoms with van der Waals surface area (Å²) in [5.41, 5.74) is 0.962. The molecule has 0 saturated carbocycles. The molecule has 2 unspecified atom stereocenters. The normalized spacial score (nSPS) is 23.6. The van der Waals surface area contributed by atoms with Crippen LogP contribution in [0.1, 0.15) is 5.56 Å². The van der Waals surface area contributed by atoms with E-state index in [-0.39, 0.29) is 0 Å². The van der Waals surface area contributed by atoms with Gasteiger partial charge in [-0.05, 0) is 28.1 Å². The van der Waals surface area contributed by atoms with E-state index in [1.807, 2.05) is 17.0 Å². The molecule has 1 aromatic carbocycles. The number of nitrogens with zero attached hydrogens (tertiary/aromatic N) is 1. The molecule has 6 heteroatoms. The van der Waals surface area contributed by atoms with Gasteiger partial charge in [-0.3, -0.25) is 4.90 Å². The Labute approximate surface area is 120 Å². The molecule has 1 fully saturated rings. The third-order valence-corrected chi connectivity index (χ3v) is 3.90. The number of likely N-dealkylation sites (tertiary alicyclic amines) is 1. The van der Waals surface area contributed by atoms with Crippen LogP contribution in [0.3, 0.4) is 0 Å². The van der Waals surface area contributed by atoms with Crippen molar-refractivity contribution < 1.29 is 19.7 Å². The number of halogens is 1. The fourth-order valence-corrected chi connectivity index (χ4v) is 2.75. The highest BCUT2D eigenvalue weighted by molar-refractivity contribution is 9.10. The van der Waals surface area contributed by atoms with Crippen molar-refractivity contribution in [3.05, 3.63) is 22.2 Å². The van der Waals surface area contributed by atoms with E-state index >= 15 is 0 Å². The van der Waals surface area contributed by atoms with Crippen LogP contribution in [0, 0.1) is 0 Å². The highest BCUT2D eigenvalue weighted by atomic mass is 79.9. The second kappa shape index (κ2) is 6.09. The molecule has 1 saturated heterocycles. The van der Waals surface area contributed by atoms with E-state index in [0.717, 1.165) is 21.5 Å². The smallest absolute Gasteiger partial charge is 0.133 e. The predicted molar refractivity (Wildman–Crippen MR) is 74.5 cm³/mol. The molecule has 1 aliphatic rings. The molecule has 5 nitrogen and oxygen atoms in total. The van der Waals surface area contributed by atoms with E-state index in [1.165, 1.54) is 0 Å². The quantitative estimate of drug-likeness (QED) is 0.862. The Morgan fingerprint density at radius 1 is 1.16 bits per heavy atom. The summed E-state index contributed by atoms with van der Waals surface area (Å²) >= 11 is 3.42. The van der Waals surface area contributed by atoms with Gasteiger partial charge in [0.25, 0.3) is 0 Å². The molecular formula is C13H18BrNO4. The molecule has 106 valence electrons. The first-order chi connectivity index (χ1) is 9.05. The van der Waals surface area contributed by atoms with Crippen LogP contribution in [0.15, 0.2) is 16.6 Å². The Balaban J connectivity index is 2.19. The van der Waals surface area contributed by atoms with Gasteiger partial charge in [-0.1, -0.05) is 0 Å². The molecule has 1 heterocycles. The summed E-state index contributed by atoms with van der Waals surface area (Å²) in [6, 6.07) is 3.76. The van der Waals surface area contributed by atoms with Crippen LogP contribution in [0.5, 0.6) is 11.5 Å². The Morgan fingerprint density at radius 2 is 1.74 bits per heavy atom. The van der Waals surface area contributed by atoms with Crippen molar-refractivity contribution in [2.75, 3.05) is 27.3 Å². The lowest BCUT2D eigenvalue weighted by Crippen LogP contribution is -2.22. The highest BCUT2D eigenvalue weighted by Crippen LogP contribution is 2.33. The number of methoxy groups -OCH3 is 2. The minimum absolute atomic E-state index is 0.461. The zero-order valence-electron chi connectivity index (χ0n) is 11.0. The molecule has 0 amide bonds. The van der Waals surface area contributed by atoms with Gasteiger partial charge in [0.1, 0.15) is 11.5 Å². The Bertz CT molecular complexity index is 445. The van der Waals surface area contributed by atoms with Gasteiger partial charge in [-0.15, -0.1) is 0 Å². The molecule has 0 radical (unpaired) electrons. The van der Waals surface area contributed by atoms with Gasteiger partial charge in [0.2, 0.25) is 0 Å². The number of hydrogen-bond acceptors (Lipinski definition) is 5. The van der Waals surface area contributed by atoms with Gasteiger partial charge in [0.15, 0.2) is 0 Å². The number of benzene rings is 1. The number of aliphatic hydroxyl groups excluding tert-OH is 2. The zero-order valence-corrected chi connectivity index (χ0v) is 12.6. The molecule has 0 bridgehead atoms. The summed E-state index contributed by atoms with van der Waals surface area (Å²) in [5, 5.41) is 19.1. The van der Waals surface area contributed by atoms with Crippen LogP contribution in [0.4, 0.5) is 0 Å². The maximum atomic E-state index is 9.56. The Hall–Kier alpha value is -0.820. The molecule has 2 atom stereocenters. The maximum absolute atomic E-state index is 9.56. The van der Waals surface area contributed by atoms with Gasteiger partial charge in [0.05, 0.1) is 30.9 Å². The molecule has 2 rings (SSSR count). The fourth-order valence-electron chi connectivity index (χ4n) is 2.26. The first kappa shape index (κ1) is 14.6. The Kier molecular flexibility index (Phi) is 4.67. The third kappa shape index (κ3) is 3.20. The average molecular weight is 332 g/mol. The van der Waals surface area contributed by atoms with Crippen molar-refractivity contribution in [1.29, 1.82) is 0 Å². The topological polar surface area (TPSA) is 62.2 Å². The van der Waals surface area contributed by atoms with E-state index in [2.05, 4.69) is 15.9 Å². The zero-order chi connectivity index (χ0) is 14.0. The van der Waals surface area contributed by atoms with Crippen molar-refractivity contribution in [1.82, 2.24) is 4.90 Å². The van der Waals surface area contributed by atoms with Crippen LogP contribution in [-0.2, 0) is 6.54 Å². The Morgan fingerprint density at radius 3 is 2.26 bits per heavy atom. The molecule has 0 aromatic heterocycles. The van der Waals surface area contributed by atoms with Crippen molar-refractivity contribution in [3.8, 4) is 11.5 Å². The van der Waals surface area contributed by atoms with Gasteiger partial charge in [0, 0.05) is 25.2 Å². The van der Waals surface area contributed by atoms with Crippen LogP contribution in [0.2, 0.25) is 0 Å². The second-order valence-corrected chi connectivity index (χ2v) is 5.48. The molecule has 0 aliphatic carbocycles. The summed E-state index contributed by atoms with van der Waals surface area (Å²) in [7, 11) is 3.23. The standard InChI is InChI=1S/C13H18BrNO4/c1-18-12-4-9(14)13(19-2)3-8(12)5-15-6-10(16)11(17)7-15/h3-4,10-11,16-17H,5-7H2,1-2H3. The highest BCUT2D eigenvalue weighted by Gasteiger charge is 2.30. The van der Waals surface area contributed by atoms with Crippen molar-refractivity contribution >= 4 is 15.9 Å². The average Bonchev–Trinajstić information content (AvgIpc) is 2.70. The third-order valence-electron chi connectivity index (χ3n) is 3.28. The minimum atomic E-state index is -0.677. The first-order valence-corrected chi connectivity index (χ1v) is 6.83. The SMILES string of the molecule is COc1cc(CN2CC(O)C(O)C2)c(OC)cc1Br. The molecule has 0 spiro atoms. The molecule has 1 aliphatic heterocycles. The van der Waals surface area contributed by atoms with Crippen molar-refractivity contribution in [3.63, 3.8) is 0 Å². The number of β-amino-alcohol motifs (C(OH)–C–C–N with tert-alkyl or cyclic N) is 2. The summed E-state index contributed by atoms with van der Waals surface area (Å²) in [6.45, 7) is 1.52. The van der Waals surface area contributed by atoms with Gasteiger partial charge >= 0.3 is 0 Å². The number of rotatable bonds is 4. The van der Waals surface area contributed by atoms with Gasteiger partial charge in [-0.2, -0.15) is 0 Å². The van der Waals surface area contributed by atoms with Gasteiger partial charge in [-0.25, -0.2) is 0 Å². The molecule has 19 heavy (non-hydrogen) atoms. The van der Waals surface area contributed by atoms with E-state index in [1.54, 1.807) is 14.2 Å². The van der Waals surface area contributed by atoms with E-state index in [9.17, 15) is 10.2 Å². The summed E-state index contributed by atoms with van der Waals surface area (Å²) in [5.74, 6) is 1.49. The summed E-state index contributed by atoms with van der Waals surface area (Å²) < 4.78 is 11.5. The molecule has 2 N–H and O–H groups in total. The number of ether oxygens (including phenoxy) is 2. The monoisotopic (exact) mass is 331 g/mol. The van der Waals surface area contributed by atoms with Crippen LogP contribution >= 0.6 is 15.9 Å². The summed E-state index contributed by atoms with van der Waals surface area (Å²) in [4.78, 5) is 1.99. The van der Waals surface area contributed by atoms with Crippen LogP contribution < -0.4 is 9.47 Å². The lowest BCUT2D eigenvalue weighted by atomic mass is 10.1. The fraction of sp³-hybridized carbons (Fsp3) is 0.538. The largest absolute Gasteiger partial charge is 0.496 e. The van der Waals surface area contributed by atoms with Crippen molar-refractivity contribution in [2.24, 2.45) is 0 Å². The van der Waals surface area contributed by atoms with E-state index < -0.39 is 12.2 Å². The van der Waals surface area contributed by atoms with E-state index in [0.29, 0.717) is 19.6 Å². The first-order valence-electron chi connectivity index (χ1n) is 6.04. The van der Waals surface area contributed by atoms with Gasteiger partial charge < -0.3 is 19.7 Å². The second-order valence-electron chi connectivity index (χ2n) is 4.63. The molecule has 1 aromatic rings. The molecular weight excluding hydrogens is 314 g/mol. The predicted octanol–water partition coefficient (Wildman–Crippen LogP) is 1.00. The number of aliphatic hydroxyl groups is 2. The van der Waals surface area contributed by atoms with E-state index in [4.69, 9.17) is 9.47 Å². The minimum Gasteiger partial charge on any atom is -0.496 e. The van der Waals surface area contributed by atoms with Crippen LogP contribution in [0.25, 0.3) is 0 Å². The van der Waals surface area contributed by atoms with Crippen LogP contribution in [-0.4, -0.2) is 54.6 Å². The van der Waals surface area contributed by atoms with Crippen molar-refractivity contribution in [2.45, 2.75) is 18.8 Å². The summed E-state index contributed by atoms with van der Waals surface area (Å²) in [6.07, 6.45) is -1.35.